The summed E-state index contributed by atoms with van der Waals surface area (Å²) in [5.41, 5.74) is 12.0. The van der Waals surface area contributed by atoms with Gasteiger partial charge in [-0.25, -0.2) is 0 Å². The first-order valence-corrected chi connectivity index (χ1v) is 41.2. The molecular weight excluding hydrogens is 981 g/mol. The predicted molar refractivity (Wildman–Crippen MR) is 349 cm³/mol. The van der Waals surface area contributed by atoms with Crippen LogP contribution in [0.15, 0.2) is 218 Å². The first-order chi connectivity index (χ1) is 36.2. The Morgan fingerprint density at radius 1 is 0.224 bits per heavy atom. The predicted octanol–water partition coefficient (Wildman–Crippen LogP) is 18.8. The van der Waals surface area contributed by atoms with Crippen molar-refractivity contribution in [2.45, 2.75) is 78.6 Å². The third-order valence-electron chi connectivity index (χ3n) is 15.5. The van der Waals surface area contributed by atoms with E-state index in [1.807, 2.05) is 0 Å². The van der Waals surface area contributed by atoms with Crippen molar-refractivity contribution in [3.63, 3.8) is 0 Å². The van der Waals surface area contributed by atoms with Crippen LogP contribution in [0.1, 0.15) is 0 Å². The van der Waals surface area contributed by atoms with Crippen molar-refractivity contribution in [2.75, 3.05) is 9.80 Å². The van der Waals surface area contributed by atoms with E-state index < -0.39 is 32.3 Å². The number of nitrogens with zero attached hydrogens (tertiary/aromatic N) is 2. The number of fused-ring (bicyclic) bond motifs is 4. The Bertz CT molecular complexity index is 3660. The fourth-order valence-corrected chi connectivity index (χ4v) is 16.0. The average molecular weight is 1050 g/mol. The van der Waals surface area contributed by atoms with Crippen LogP contribution in [0, 0.1) is 0 Å². The molecule has 0 heterocycles. The molecule has 0 saturated heterocycles. The molecular formula is C70H72N2Si4. The van der Waals surface area contributed by atoms with Crippen molar-refractivity contribution in [3.8, 4) is 22.3 Å². The van der Waals surface area contributed by atoms with Gasteiger partial charge in [-0.3, -0.25) is 0 Å². The maximum absolute atomic E-state index is 2.55. The van der Waals surface area contributed by atoms with Crippen LogP contribution >= 0.6 is 0 Å². The molecule has 0 bridgehead atoms. The molecule has 0 radical (unpaired) electrons. The van der Waals surface area contributed by atoms with Crippen molar-refractivity contribution in [2.24, 2.45) is 0 Å². The maximum Gasteiger partial charge on any atom is 0.0776 e. The molecule has 0 N–H and O–H groups in total. The molecule has 11 rings (SSSR count). The highest BCUT2D eigenvalue weighted by atomic mass is 28.3. The second-order valence-electron chi connectivity index (χ2n) is 25.2. The Hall–Kier alpha value is -7.07. The molecule has 0 aliphatic carbocycles. The molecule has 0 saturated carbocycles. The van der Waals surface area contributed by atoms with Crippen LogP contribution in [-0.4, -0.2) is 32.3 Å². The van der Waals surface area contributed by atoms with E-state index in [2.05, 4.69) is 307 Å². The molecule has 11 aromatic carbocycles. The van der Waals surface area contributed by atoms with Crippen molar-refractivity contribution in [3.05, 3.63) is 218 Å². The molecule has 378 valence electrons. The van der Waals surface area contributed by atoms with Crippen molar-refractivity contribution in [1.29, 1.82) is 0 Å². The van der Waals surface area contributed by atoms with Gasteiger partial charge in [-0.15, -0.1) is 0 Å². The summed E-state index contributed by atoms with van der Waals surface area (Å²) in [4.78, 5) is 5.10. The Morgan fingerprint density at radius 3 is 0.842 bits per heavy atom. The van der Waals surface area contributed by atoms with E-state index in [4.69, 9.17) is 0 Å². The molecule has 11 aromatic rings. The summed E-state index contributed by atoms with van der Waals surface area (Å²) in [6.45, 7) is 29.8. The standard InChI is InChI=1S/C70H72N2Si4/c1-73(2,3)61-41-59(42-62(47-61)74(4,5)6)71(55-33-31-49-23-19-21-29-53(49)39-55)57-35-37-65-67(45-57)69(51-25-15-13-16-26-51)66-38-36-58(46-68(66)70(65)52-27-17-14-18-28-52)72(56-34-32-50-24-20-22-30-54(50)40-56)60-43-63(75(7,8)9)48-64(44-60)76(10,11)12/h13-48H,1-12H3. The average Bonchev–Trinajstić information content (AvgIpc) is 3.50. The second kappa shape index (κ2) is 19.5. The lowest BCUT2D eigenvalue weighted by Crippen LogP contribution is -2.45. The fourth-order valence-electron chi connectivity index (χ4n) is 11.1. The van der Waals surface area contributed by atoms with Gasteiger partial charge in [0, 0.05) is 34.1 Å². The van der Waals surface area contributed by atoms with Crippen LogP contribution in [0.5, 0.6) is 0 Å². The van der Waals surface area contributed by atoms with Crippen molar-refractivity contribution in [1.82, 2.24) is 0 Å². The Morgan fingerprint density at radius 2 is 0.513 bits per heavy atom. The zero-order chi connectivity index (χ0) is 53.3. The molecule has 0 fully saturated rings. The van der Waals surface area contributed by atoms with E-state index in [1.54, 1.807) is 0 Å². The molecule has 0 spiro atoms. The third kappa shape index (κ3) is 9.96. The molecule has 0 aliphatic rings. The fraction of sp³-hybridized carbons (Fsp3) is 0.171. The second-order valence-corrected chi connectivity index (χ2v) is 45.5. The van der Waals surface area contributed by atoms with E-state index in [-0.39, 0.29) is 0 Å². The molecule has 0 atom stereocenters. The number of hydrogen-bond donors (Lipinski definition) is 0. The Kier molecular flexibility index (Phi) is 13.1. The molecule has 0 aromatic heterocycles. The molecule has 0 unspecified atom stereocenters. The van der Waals surface area contributed by atoms with Gasteiger partial charge in [0.15, 0.2) is 0 Å². The van der Waals surface area contributed by atoms with Crippen LogP contribution < -0.4 is 30.5 Å². The highest BCUT2D eigenvalue weighted by Gasteiger charge is 2.29. The van der Waals surface area contributed by atoms with Crippen LogP contribution in [0.25, 0.3) is 65.3 Å². The van der Waals surface area contributed by atoms with Gasteiger partial charge >= 0.3 is 0 Å². The normalized spacial score (nSPS) is 12.5. The van der Waals surface area contributed by atoms with E-state index >= 15 is 0 Å². The van der Waals surface area contributed by atoms with Gasteiger partial charge in [0.25, 0.3) is 0 Å². The summed E-state index contributed by atoms with van der Waals surface area (Å²) in [6, 6.07) is 83.6. The lowest BCUT2D eigenvalue weighted by molar-refractivity contribution is 1.30. The lowest BCUT2D eigenvalue weighted by Gasteiger charge is -2.31. The first kappa shape index (κ1) is 51.1. The van der Waals surface area contributed by atoms with E-state index in [0.717, 1.165) is 22.7 Å². The minimum Gasteiger partial charge on any atom is -0.310 e. The summed E-state index contributed by atoms with van der Waals surface area (Å²) < 4.78 is 0. The number of benzene rings is 11. The van der Waals surface area contributed by atoms with Gasteiger partial charge in [-0.1, -0.05) is 245 Å². The molecule has 2 nitrogen and oxygen atoms in total. The minimum atomic E-state index is -1.73. The lowest BCUT2D eigenvalue weighted by atomic mass is 9.85. The van der Waals surface area contributed by atoms with Crippen molar-refractivity contribution >= 4 is 130 Å². The zero-order valence-corrected chi connectivity index (χ0v) is 50.7. The Balaban J connectivity index is 1.23. The van der Waals surface area contributed by atoms with E-state index in [9.17, 15) is 0 Å². The molecule has 0 aliphatic heterocycles. The van der Waals surface area contributed by atoms with E-state index in [1.165, 1.54) is 97.5 Å². The molecule has 6 heteroatoms. The topological polar surface area (TPSA) is 6.48 Å². The molecule has 0 amide bonds. The van der Waals surface area contributed by atoms with Gasteiger partial charge in [0.2, 0.25) is 0 Å². The number of rotatable bonds is 12. The van der Waals surface area contributed by atoms with E-state index in [0.29, 0.717) is 0 Å². The van der Waals surface area contributed by atoms with Crippen LogP contribution in [-0.2, 0) is 0 Å². The summed E-state index contributed by atoms with van der Waals surface area (Å²) >= 11 is 0. The number of hydrogen-bond acceptors (Lipinski definition) is 2. The van der Waals surface area contributed by atoms with Gasteiger partial charge in [-0.2, -0.15) is 0 Å². The van der Waals surface area contributed by atoms with Gasteiger partial charge < -0.3 is 9.80 Å². The maximum atomic E-state index is 2.55. The highest BCUT2D eigenvalue weighted by molar-refractivity contribution is 6.92. The summed E-state index contributed by atoms with van der Waals surface area (Å²) in [5, 5.41) is 15.9. The largest absolute Gasteiger partial charge is 0.310 e. The zero-order valence-electron chi connectivity index (χ0n) is 46.7. The monoisotopic (exact) mass is 1050 g/mol. The summed E-state index contributed by atoms with van der Waals surface area (Å²) in [7, 11) is -6.94. The van der Waals surface area contributed by atoms with Crippen LogP contribution in [0.4, 0.5) is 34.1 Å². The smallest absolute Gasteiger partial charge is 0.0776 e. The SMILES string of the molecule is C[Si](C)(C)c1cc(N(c2ccc3ccccc3c2)c2ccc3c(-c4ccccc4)c4cc(N(c5cc([Si](C)(C)C)cc([Si](C)(C)C)c5)c5ccc6ccccc6c5)ccc4c(-c4ccccc4)c3c2)cc([Si](C)(C)C)c1. The Labute approximate surface area is 456 Å². The summed E-state index contributed by atoms with van der Waals surface area (Å²) in [6.07, 6.45) is 0. The quantitative estimate of drug-likeness (QED) is 0.0889. The van der Waals surface area contributed by atoms with Gasteiger partial charge in [-0.05, 0) is 138 Å². The van der Waals surface area contributed by atoms with Gasteiger partial charge in [0.1, 0.15) is 0 Å². The highest BCUT2D eigenvalue weighted by Crippen LogP contribution is 2.49. The van der Waals surface area contributed by atoms with Crippen LogP contribution in [0.2, 0.25) is 78.6 Å². The third-order valence-corrected chi connectivity index (χ3v) is 23.6. The van der Waals surface area contributed by atoms with Gasteiger partial charge in [0.05, 0.1) is 32.3 Å². The van der Waals surface area contributed by atoms with Crippen molar-refractivity contribution < 1.29 is 0 Å². The first-order valence-electron chi connectivity index (χ1n) is 27.2. The molecule has 76 heavy (non-hydrogen) atoms. The summed E-state index contributed by atoms with van der Waals surface area (Å²) in [5.74, 6) is 0. The minimum absolute atomic E-state index is 1.15. The number of anilines is 6. The van der Waals surface area contributed by atoms with Crippen LogP contribution in [0.3, 0.4) is 0 Å².